The molecule has 0 aliphatic heterocycles. The van der Waals surface area contributed by atoms with Gasteiger partial charge in [-0.1, -0.05) is 11.6 Å². The molecule has 2 aromatic carbocycles. The maximum atomic E-state index is 13.1. The van der Waals surface area contributed by atoms with Crippen LogP contribution in [0, 0.1) is 5.82 Å². The van der Waals surface area contributed by atoms with Crippen LogP contribution in [0.15, 0.2) is 42.5 Å². The first-order valence-corrected chi connectivity index (χ1v) is 7.05. The summed E-state index contributed by atoms with van der Waals surface area (Å²) in [6.07, 6.45) is 0. The van der Waals surface area contributed by atoms with Crippen molar-refractivity contribution in [2.24, 2.45) is 0 Å². The predicted octanol–water partition coefficient (Wildman–Crippen LogP) is 4.35. The first-order valence-electron chi connectivity index (χ1n) is 6.26. The van der Waals surface area contributed by atoms with Crippen LogP contribution in [-0.4, -0.2) is 19.2 Å². The first-order chi connectivity index (χ1) is 9.95. The first kappa shape index (κ1) is 15.5. The van der Waals surface area contributed by atoms with Crippen LogP contribution in [0.2, 0.25) is 5.02 Å². The number of rotatable bonds is 3. The summed E-state index contributed by atoms with van der Waals surface area (Å²) >= 11 is 10.9. The lowest BCUT2D eigenvalue weighted by molar-refractivity contribution is 0.628. The van der Waals surface area contributed by atoms with Crippen molar-refractivity contribution in [3.63, 3.8) is 0 Å². The van der Waals surface area contributed by atoms with Crippen LogP contribution in [0.4, 0.5) is 21.5 Å². The number of hydrogen-bond acceptors (Lipinski definition) is 2. The minimum Gasteiger partial charge on any atom is -0.378 e. The molecule has 0 saturated heterocycles. The number of anilines is 3. The van der Waals surface area contributed by atoms with E-state index in [4.69, 9.17) is 23.8 Å². The lowest BCUT2D eigenvalue weighted by Crippen LogP contribution is -2.19. The molecule has 0 aliphatic carbocycles. The number of nitrogens with zero attached hydrogens (tertiary/aromatic N) is 1. The molecule has 0 spiro atoms. The summed E-state index contributed by atoms with van der Waals surface area (Å²) in [6, 6.07) is 12.2. The van der Waals surface area contributed by atoms with Crippen molar-refractivity contribution in [1.29, 1.82) is 0 Å². The molecule has 2 N–H and O–H groups in total. The van der Waals surface area contributed by atoms with E-state index in [1.165, 1.54) is 12.1 Å². The van der Waals surface area contributed by atoms with Gasteiger partial charge in [0.25, 0.3) is 0 Å². The van der Waals surface area contributed by atoms with E-state index in [2.05, 4.69) is 10.6 Å². The highest BCUT2D eigenvalue weighted by Gasteiger charge is 2.03. The second kappa shape index (κ2) is 6.74. The zero-order valence-electron chi connectivity index (χ0n) is 11.7. The Balaban J connectivity index is 1.99. The van der Waals surface area contributed by atoms with Gasteiger partial charge in [0.15, 0.2) is 5.11 Å². The van der Waals surface area contributed by atoms with Crippen LogP contribution in [0.25, 0.3) is 0 Å². The van der Waals surface area contributed by atoms with E-state index in [0.717, 1.165) is 11.4 Å². The summed E-state index contributed by atoms with van der Waals surface area (Å²) in [6.45, 7) is 0. The molecule has 0 amide bonds. The van der Waals surface area contributed by atoms with Crippen molar-refractivity contribution in [2.75, 3.05) is 29.6 Å². The Morgan fingerprint density at radius 3 is 2.19 bits per heavy atom. The monoisotopic (exact) mass is 323 g/mol. The predicted molar refractivity (Wildman–Crippen MR) is 92.0 cm³/mol. The van der Waals surface area contributed by atoms with E-state index in [0.29, 0.717) is 10.8 Å². The van der Waals surface area contributed by atoms with Crippen LogP contribution in [0.1, 0.15) is 0 Å². The van der Waals surface area contributed by atoms with Gasteiger partial charge in [-0.05, 0) is 54.7 Å². The highest BCUT2D eigenvalue weighted by Crippen LogP contribution is 2.20. The smallest absolute Gasteiger partial charge is 0.175 e. The largest absolute Gasteiger partial charge is 0.378 e. The number of nitrogens with one attached hydrogen (secondary N) is 2. The summed E-state index contributed by atoms with van der Waals surface area (Å²) in [5.41, 5.74) is 2.60. The Hall–Kier alpha value is -1.85. The molecule has 0 saturated carbocycles. The molecular weight excluding hydrogens is 309 g/mol. The molecule has 2 rings (SSSR count). The highest BCUT2D eigenvalue weighted by atomic mass is 35.5. The summed E-state index contributed by atoms with van der Waals surface area (Å²) in [5, 5.41) is 6.48. The molecule has 21 heavy (non-hydrogen) atoms. The fraction of sp³-hybridized carbons (Fsp3) is 0.133. The molecule has 0 aromatic heterocycles. The summed E-state index contributed by atoms with van der Waals surface area (Å²) < 4.78 is 13.1. The Labute approximate surface area is 133 Å². The maximum Gasteiger partial charge on any atom is 0.175 e. The standard InChI is InChI=1S/C15H15ClFN3S/c1-20(2)12-6-3-10(4-7-12)18-15(21)19-11-5-8-14(17)13(16)9-11/h3-9H,1-2H3,(H2,18,19,21). The van der Waals surface area contributed by atoms with Gasteiger partial charge in [0.1, 0.15) is 5.82 Å². The van der Waals surface area contributed by atoms with E-state index in [1.807, 2.05) is 43.3 Å². The molecule has 0 aliphatic rings. The molecule has 0 heterocycles. The Kier molecular flexibility index (Phi) is 4.98. The lowest BCUT2D eigenvalue weighted by Gasteiger charge is -2.14. The lowest BCUT2D eigenvalue weighted by atomic mass is 10.2. The Morgan fingerprint density at radius 2 is 1.62 bits per heavy atom. The third kappa shape index (κ3) is 4.31. The van der Waals surface area contributed by atoms with Crippen molar-refractivity contribution < 1.29 is 4.39 Å². The topological polar surface area (TPSA) is 27.3 Å². The molecule has 110 valence electrons. The van der Waals surface area contributed by atoms with E-state index in [1.54, 1.807) is 6.07 Å². The van der Waals surface area contributed by atoms with Crippen molar-refractivity contribution in [3.8, 4) is 0 Å². The maximum absolute atomic E-state index is 13.1. The second-order valence-corrected chi connectivity index (χ2v) is 5.46. The van der Waals surface area contributed by atoms with Crippen LogP contribution in [-0.2, 0) is 0 Å². The van der Waals surface area contributed by atoms with Gasteiger partial charge in [0.05, 0.1) is 5.02 Å². The number of hydrogen-bond donors (Lipinski definition) is 2. The van der Waals surface area contributed by atoms with Gasteiger partial charge in [-0.3, -0.25) is 0 Å². The van der Waals surface area contributed by atoms with Gasteiger partial charge in [-0.2, -0.15) is 0 Å². The third-order valence-electron chi connectivity index (χ3n) is 2.82. The van der Waals surface area contributed by atoms with Gasteiger partial charge >= 0.3 is 0 Å². The zero-order valence-corrected chi connectivity index (χ0v) is 13.2. The van der Waals surface area contributed by atoms with Crippen LogP contribution < -0.4 is 15.5 Å². The van der Waals surface area contributed by atoms with E-state index in [9.17, 15) is 4.39 Å². The third-order valence-corrected chi connectivity index (χ3v) is 3.31. The van der Waals surface area contributed by atoms with Crippen LogP contribution in [0.5, 0.6) is 0 Å². The fourth-order valence-corrected chi connectivity index (χ4v) is 2.13. The van der Waals surface area contributed by atoms with Gasteiger partial charge < -0.3 is 15.5 Å². The molecule has 0 unspecified atom stereocenters. The van der Waals surface area contributed by atoms with Crippen molar-refractivity contribution in [1.82, 2.24) is 0 Å². The van der Waals surface area contributed by atoms with Crippen molar-refractivity contribution in [2.45, 2.75) is 0 Å². The van der Waals surface area contributed by atoms with E-state index >= 15 is 0 Å². The molecule has 2 aromatic rings. The quantitative estimate of drug-likeness (QED) is 0.821. The number of halogens is 2. The fourth-order valence-electron chi connectivity index (χ4n) is 1.71. The van der Waals surface area contributed by atoms with Crippen LogP contribution >= 0.6 is 23.8 Å². The van der Waals surface area contributed by atoms with E-state index in [-0.39, 0.29) is 5.02 Å². The Bertz CT molecular complexity index is 644. The summed E-state index contributed by atoms with van der Waals surface area (Å²) in [7, 11) is 3.96. The number of thiocarbonyl (C=S) groups is 1. The average Bonchev–Trinajstić information content (AvgIpc) is 2.43. The molecule has 0 bridgehead atoms. The van der Waals surface area contributed by atoms with Crippen LogP contribution in [0.3, 0.4) is 0 Å². The molecule has 0 radical (unpaired) electrons. The number of benzene rings is 2. The van der Waals surface area contributed by atoms with Crippen molar-refractivity contribution >= 4 is 46.0 Å². The summed E-state index contributed by atoms with van der Waals surface area (Å²) in [4.78, 5) is 2.01. The average molecular weight is 324 g/mol. The minimum absolute atomic E-state index is 0.0538. The molecule has 0 fully saturated rings. The zero-order chi connectivity index (χ0) is 15.4. The SMILES string of the molecule is CN(C)c1ccc(NC(=S)Nc2ccc(F)c(Cl)c2)cc1. The van der Waals surface area contributed by atoms with E-state index < -0.39 is 5.82 Å². The van der Waals surface area contributed by atoms with Gasteiger partial charge in [0, 0.05) is 31.2 Å². The van der Waals surface area contributed by atoms with Gasteiger partial charge in [-0.25, -0.2) is 4.39 Å². The Morgan fingerprint density at radius 1 is 1.05 bits per heavy atom. The molecule has 0 atom stereocenters. The normalized spacial score (nSPS) is 10.1. The van der Waals surface area contributed by atoms with Crippen molar-refractivity contribution in [3.05, 3.63) is 53.3 Å². The van der Waals surface area contributed by atoms with Gasteiger partial charge in [0.2, 0.25) is 0 Å². The second-order valence-electron chi connectivity index (χ2n) is 4.65. The summed E-state index contributed by atoms with van der Waals surface area (Å²) in [5.74, 6) is -0.458. The van der Waals surface area contributed by atoms with Gasteiger partial charge in [-0.15, -0.1) is 0 Å². The molecular formula is C15H15ClFN3S. The highest BCUT2D eigenvalue weighted by molar-refractivity contribution is 7.80. The molecule has 3 nitrogen and oxygen atoms in total. The molecule has 6 heteroatoms. The minimum atomic E-state index is -0.458.